The molecule has 4 rings (SSSR count). The molecule has 0 saturated carbocycles. The monoisotopic (exact) mass is 477 g/mol. The maximum absolute atomic E-state index is 12.8. The van der Waals surface area contributed by atoms with Gasteiger partial charge in [0.15, 0.2) is 11.8 Å². The van der Waals surface area contributed by atoms with Gasteiger partial charge in [0.1, 0.15) is 5.75 Å². The minimum absolute atomic E-state index is 0.132. The molecule has 2 aromatic carbocycles. The van der Waals surface area contributed by atoms with E-state index in [1.165, 1.54) is 11.8 Å². The number of esters is 1. The van der Waals surface area contributed by atoms with Crippen LogP contribution in [0.15, 0.2) is 70.3 Å². The lowest BCUT2D eigenvalue weighted by Crippen LogP contribution is -2.34. The molecule has 1 N–H and O–H groups in total. The lowest BCUT2D eigenvalue weighted by Gasteiger charge is -2.33. The highest BCUT2D eigenvalue weighted by atomic mass is 32.2. The third-order valence-corrected chi connectivity index (χ3v) is 6.51. The van der Waals surface area contributed by atoms with Crippen LogP contribution in [0.2, 0.25) is 0 Å². The van der Waals surface area contributed by atoms with Crippen LogP contribution in [0.25, 0.3) is 0 Å². The maximum Gasteiger partial charge on any atom is 0.338 e. The Bertz CT molecular complexity index is 1220. The maximum atomic E-state index is 12.8. The summed E-state index contributed by atoms with van der Waals surface area (Å²) in [5, 5.41) is 5.64. The first kappa shape index (κ1) is 23.6. The van der Waals surface area contributed by atoms with Gasteiger partial charge < -0.3 is 19.7 Å². The summed E-state index contributed by atoms with van der Waals surface area (Å²) in [6, 6.07) is 12.8. The molecular formula is C26H27N3O4S. The second-order valence-electron chi connectivity index (χ2n) is 7.98. The molecule has 0 bridgehead atoms. The number of carbonyl (C=O) groups is 2. The number of anilines is 1. The molecule has 0 fully saturated rings. The summed E-state index contributed by atoms with van der Waals surface area (Å²) >= 11 is 1.50. The molecule has 176 valence electrons. The largest absolute Gasteiger partial charge is 0.484 e. The van der Waals surface area contributed by atoms with Crippen molar-refractivity contribution in [2.75, 3.05) is 18.5 Å². The first-order valence-corrected chi connectivity index (χ1v) is 11.9. The number of allylic oxidation sites excluding steroid dienone is 1. The van der Waals surface area contributed by atoms with Gasteiger partial charge in [-0.3, -0.25) is 4.79 Å². The number of nitrogens with one attached hydrogen (secondary N) is 1. The summed E-state index contributed by atoms with van der Waals surface area (Å²) in [5.41, 5.74) is 4.87. The number of benzene rings is 2. The van der Waals surface area contributed by atoms with Crippen LogP contribution in [0.1, 0.15) is 36.6 Å². The standard InChI is InChI=1S/C26H27N3O4S/c1-5-32-25(31)23-18(4)27-26-29(12-13-34-26)24(23)19-9-7-10-20(14-19)33-15-22(30)28-21-11-6-8-16(2)17(21)3/h6-14,24H,5,15H2,1-4H3,(H,28,30)/t24-/m0/s1. The Morgan fingerprint density at radius 1 is 1.15 bits per heavy atom. The number of thioether (sulfide) groups is 1. The summed E-state index contributed by atoms with van der Waals surface area (Å²) in [4.78, 5) is 31.8. The average Bonchev–Trinajstić information content (AvgIpc) is 3.28. The third-order valence-electron chi connectivity index (χ3n) is 5.74. The van der Waals surface area contributed by atoms with E-state index < -0.39 is 12.0 Å². The molecule has 0 radical (unpaired) electrons. The number of aliphatic imine (C=N–C) groups is 1. The van der Waals surface area contributed by atoms with Crippen molar-refractivity contribution in [2.45, 2.75) is 33.7 Å². The topological polar surface area (TPSA) is 80.2 Å². The summed E-state index contributed by atoms with van der Waals surface area (Å²) in [5.74, 6) is -0.0975. The van der Waals surface area contributed by atoms with E-state index in [4.69, 9.17) is 9.47 Å². The third kappa shape index (κ3) is 4.87. The molecule has 0 aromatic heterocycles. The molecule has 8 heteroatoms. The van der Waals surface area contributed by atoms with Crippen molar-refractivity contribution in [3.8, 4) is 5.75 Å². The minimum Gasteiger partial charge on any atom is -0.484 e. The van der Waals surface area contributed by atoms with Gasteiger partial charge in [0.25, 0.3) is 5.91 Å². The predicted octanol–water partition coefficient (Wildman–Crippen LogP) is 5.09. The van der Waals surface area contributed by atoms with E-state index in [1.807, 2.05) is 73.7 Å². The molecule has 0 aliphatic carbocycles. The molecule has 0 saturated heterocycles. The van der Waals surface area contributed by atoms with Crippen LogP contribution >= 0.6 is 11.8 Å². The van der Waals surface area contributed by atoms with E-state index in [2.05, 4.69) is 10.3 Å². The highest BCUT2D eigenvalue weighted by molar-refractivity contribution is 8.16. The average molecular weight is 478 g/mol. The molecule has 1 amide bonds. The van der Waals surface area contributed by atoms with Gasteiger partial charge in [0.05, 0.1) is 23.9 Å². The minimum atomic E-state index is -0.398. The van der Waals surface area contributed by atoms with Gasteiger partial charge in [-0.1, -0.05) is 36.0 Å². The summed E-state index contributed by atoms with van der Waals surface area (Å²) in [6.45, 7) is 7.72. The Balaban J connectivity index is 1.53. The first-order valence-electron chi connectivity index (χ1n) is 11.1. The number of hydrogen-bond acceptors (Lipinski definition) is 7. The number of rotatable bonds is 7. The molecule has 2 heterocycles. The molecule has 1 atom stereocenters. The molecule has 34 heavy (non-hydrogen) atoms. The zero-order valence-corrected chi connectivity index (χ0v) is 20.4. The number of fused-ring (bicyclic) bond motifs is 1. The van der Waals surface area contributed by atoms with Crippen LogP contribution in [0.3, 0.4) is 0 Å². The lowest BCUT2D eigenvalue weighted by molar-refractivity contribution is -0.139. The SMILES string of the molecule is CCOC(=O)C1=C(C)N=C2SC=CN2[C@H]1c1cccc(OCC(=O)Nc2cccc(C)c2C)c1. The van der Waals surface area contributed by atoms with Crippen molar-refractivity contribution in [1.29, 1.82) is 0 Å². The molecule has 2 aliphatic heterocycles. The number of aryl methyl sites for hydroxylation is 1. The van der Waals surface area contributed by atoms with Crippen LogP contribution in [-0.2, 0) is 14.3 Å². The zero-order valence-electron chi connectivity index (χ0n) is 19.6. The Morgan fingerprint density at radius 3 is 2.74 bits per heavy atom. The summed E-state index contributed by atoms with van der Waals surface area (Å²) in [7, 11) is 0. The Labute approximate surface area is 203 Å². The van der Waals surface area contributed by atoms with Crippen LogP contribution in [-0.4, -0.2) is 35.2 Å². The van der Waals surface area contributed by atoms with Crippen LogP contribution in [0.5, 0.6) is 5.75 Å². The first-order chi connectivity index (χ1) is 16.4. The van der Waals surface area contributed by atoms with Crippen molar-refractivity contribution in [1.82, 2.24) is 4.90 Å². The van der Waals surface area contributed by atoms with E-state index in [-0.39, 0.29) is 19.1 Å². The Hall–Kier alpha value is -3.52. The highest BCUT2D eigenvalue weighted by Crippen LogP contribution is 2.41. The van der Waals surface area contributed by atoms with Gasteiger partial charge in [-0.05, 0) is 68.0 Å². The van der Waals surface area contributed by atoms with E-state index in [0.717, 1.165) is 27.5 Å². The summed E-state index contributed by atoms with van der Waals surface area (Å²) < 4.78 is 11.1. The smallest absolute Gasteiger partial charge is 0.338 e. The number of carbonyl (C=O) groups excluding carboxylic acids is 2. The second-order valence-corrected chi connectivity index (χ2v) is 8.86. The number of hydrogen-bond donors (Lipinski definition) is 1. The fraction of sp³-hybridized carbons (Fsp3) is 0.269. The predicted molar refractivity (Wildman–Crippen MR) is 135 cm³/mol. The number of nitrogens with zero attached hydrogens (tertiary/aromatic N) is 2. The van der Waals surface area contributed by atoms with Gasteiger partial charge in [-0.25, -0.2) is 9.79 Å². The van der Waals surface area contributed by atoms with Gasteiger partial charge in [0.2, 0.25) is 0 Å². The van der Waals surface area contributed by atoms with Gasteiger partial charge in [-0.2, -0.15) is 0 Å². The fourth-order valence-electron chi connectivity index (χ4n) is 3.89. The van der Waals surface area contributed by atoms with E-state index in [9.17, 15) is 9.59 Å². The molecule has 2 aliphatic rings. The van der Waals surface area contributed by atoms with Gasteiger partial charge in [0, 0.05) is 11.9 Å². The molecule has 2 aromatic rings. The van der Waals surface area contributed by atoms with E-state index >= 15 is 0 Å². The van der Waals surface area contributed by atoms with E-state index in [0.29, 0.717) is 17.0 Å². The van der Waals surface area contributed by atoms with Crippen LogP contribution < -0.4 is 10.1 Å². The van der Waals surface area contributed by atoms with Crippen molar-refractivity contribution in [2.24, 2.45) is 4.99 Å². The number of amidine groups is 1. The van der Waals surface area contributed by atoms with Crippen molar-refractivity contribution >= 4 is 34.5 Å². The number of ether oxygens (including phenoxy) is 2. The van der Waals surface area contributed by atoms with E-state index in [1.54, 1.807) is 13.0 Å². The normalized spacial score (nSPS) is 16.8. The second kappa shape index (κ2) is 10.2. The Morgan fingerprint density at radius 2 is 1.94 bits per heavy atom. The number of amides is 1. The Kier molecular flexibility index (Phi) is 7.07. The van der Waals surface area contributed by atoms with Crippen molar-refractivity contribution < 1.29 is 19.1 Å². The van der Waals surface area contributed by atoms with Crippen LogP contribution in [0.4, 0.5) is 5.69 Å². The van der Waals surface area contributed by atoms with Gasteiger partial charge >= 0.3 is 5.97 Å². The molecular weight excluding hydrogens is 450 g/mol. The quantitative estimate of drug-likeness (QED) is 0.560. The molecule has 7 nitrogen and oxygen atoms in total. The lowest BCUT2D eigenvalue weighted by atomic mass is 9.94. The zero-order chi connectivity index (χ0) is 24.2. The summed E-state index contributed by atoms with van der Waals surface area (Å²) in [6.07, 6.45) is 1.91. The molecule has 0 spiro atoms. The molecule has 0 unspecified atom stereocenters. The van der Waals surface area contributed by atoms with Crippen LogP contribution in [0, 0.1) is 13.8 Å². The van der Waals surface area contributed by atoms with Crippen molar-refractivity contribution in [3.63, 3.8) is 0 Å². The van der Waals surface area contributed by atoms with Crippen molar-refractivity contribution in [3.05, 3.63) is 82.0 Å². The highest BCUT2D eigenvalue weighted by Gasteiger charge is 2.37. The fourth-order valence-corrected chi connectivity index (χ4v) is 4.69. The van der Waals surface area contributed by atoms with Gasteiger partial charge in [-0.15, -0.1) is 0 Å².